The predicted molar refractivity (Wildman–Crippen MR) is 164 cm³/mol. The van der Waals surface area contributed by atoms with Gasteiger partial charge in [0, 0.05) is 10.6 Å². The zero-order valence-electron chi connectivity index (χ0n) is 20.7. The van der Waals surface area contributed by atoms with Crippen LogP contribution < -0.4 is 10.6 Å². The standard InChI is InChI=1S/C36H23OP/c37-38(28-8-3-9-28,31-20-16-26-12-10-22-4-1-6-24-14-18-29(31)35(26)33(22)24)32-21-17-27-13-11-23-5-2-7-25-15-19-30(32)36(27)34(23)25/h1-2,4-8,10-21H,3,9H2. The third-order valence-corrected chi connectivity index (χ3v) is 12.2. The maximum absolute atomic E-state index is 15.8. The summed E-state index contributed by atoms with van der Waals surface area (Å²) in [6.07, 6.45) is 4.11. The molecule has 0 aromatic heterocycles. The number of rotatable bonds is 3. The second-order valence-electron chi connectivity index (χ2n) is 10.7. The fourth-order valence-electron chi connectivity index (χ4n) is 6.99. The molecule has 178 valence electrons. The molecule has 0 saturated carbocycles. The summed E-state index contributed by atoms with van der Waals surface area (Å²) < 4.78 is 15.8. The minimum absolute atomic E-state index is 0.890. The van der Waals surface area contributed by atoms with Crippen LogP contribution in [0.2, 0.25) is 0 Å². The molecule has 0 bridgehead atoms. The molecule has 0 spiro atoms. The van der Waals surface area contributed by atoms with Crippen molar-refractivity contribution in [1.29, 1.82) is 0 Å². The molecule has 0 fully saturated rings. The van der Waals surface area contributed by atoms with E-state index >= 15 is 4.57 Å². The Bertz CT molecular complexity index is 2140. The Labute approximate surface area is 220 Å². The molecule has 0 heterocycles. The van der Waals surface area contributed by atoms with Gasteiger partial charge in [0.2, 0.25) is 0 Å². The quantitative estimate of drug-likeness (QED) is 0.174. The molecule has 8 aromatic rings. The summed E-state index contributed by atoms with van der Waals surface area (Å²) in [5, 5.41) is 17.6. The van der Waals surface area contributed by atoms with Gasteiger partial charge in [0.1, 0.15) is 0 Å². The highest BCUT2D eigenvalue weighted by Crippen LogP contribution is 2.59. The number of allylic oxidation sites excluding steroid dienone is 2. The van der Waals surface area contributed by atoms with Crippen LogP contribution in [0.25, 0.3) is 64.6 Å². The minimum atomic E-state index is -3.08. The SMILES string of the molecule is O=P(C1=CCC1)(c1ccc2ccc3cccc4ccc1c2c34)c1ccc2ccc3cccc4ccc1c2c34. The lowest BCUT2D eigenvalue weighted by Gasteiger charge is -2.30. The third-order valence-electron chi connectivity index (χ3n) is 8.87. The summed E-state index contributed by atoms with van der Waals surface area (Å²) in [7, 11) is -3.08. The lowest BCUT2D eigenvalue weighted by atomic mass is 9.94. The molecule has 0 saturated heterocycles. The van der Waals surface area contributed by atoms with Gasteiger partial charge in [-0.2, -0.15) is 0 Å². The van der Waals surface area contributed by atoms with Gasteiger partial charge in [-0.25, -0.2) is 0 Å². The van der Waals surface area contributed by atoms with E-state index in [0.29, 0.717) is 0 Å². The van der Waals surface area contributed by atoms with E-state index in [9.17, 15) is 0 Å². The van der Waals surface area contributed by atoms with E-state index in [-0.39, 0.29) is 0 Å². The largest absolute Gasteiger partial charge is 0.309 e. The summed E-state index contributed by atoms with van der Waals surface area (Å²) in [4.78, 5) is 0. The van der Waals surface area contributed by atoms with Crippen LogP contribution in [0.15, 0.2) is 121 Å². The molecule has 0 radical (unpaired) electrons. The number of benzene rings is 8. The first-order valence-corrected chi connectivity index (χ1v) is 15.1. The first-order valence-electron chi connectivity index (χ1n) is 13.4. The van der Waals surface area contributed by atoms with Crippen LogP contribution in [0.4, 0.5) is 0 Å². The van der Waals surface area contributed by atoms with Gasteiger partial charge in [0.15, 0.2) is 7.14 Å². The zero-order chi connectivity index (χ0) is 25.0. The van der Waals surface area contributed by atoms with E-state index in [1.807, 2.05) is 0 Å². The fourth-order valence-corrected chi connectivity index (χ4v) is 10.3. The monoisotopic (exact) mass is 502 g/mol. The van der Waals surface area contributed by atoms with Gasteiger partial charge in [-0.15, -0.1) is 0 Å². The van der Waals surface area contributed by atoms with Crippen molar-refractivity contribution in [1.82, 2.24) is 0 Å². The smallest absolute Gasteiger partial charge is 0.168 e. The van der Waals surface area contributed by atoms with Crippen molar-refractivity contribution in [3.63, 3.8) is 0 Å². The van der Waals surface area contributed by atoms with Gasteiger partial charge in [-0.05, 0) is 94.9 Å². The highest BCUT2D eigenvalue weighted by Gasteiger charge is 2.37. The topological polar surface area (TPSA) is 17.1 Å². The summed E-state index contributed by atoms with van der Waals surface area (Å²) in [6, 6.07) is 39.3. The Hall–Kier alpha value is -4.19. The van der Waals surface area contributed by atoms with Crippen LogP contribution in [-0.4, -0.2) is 0 Å². The van der Waals surface area contributed by atoms with Crippen molar-refractivity contribution in [3.8, 4) is 0 Å². The van der Waals surface area contributed by atoms with Gasteiger partial charge < -0.3 is 4.57 Å². The summed E-state index contributed by atoms with van der Waals surface area (Å²) in [6.45, 7) is 0. The Morgan fingerprint density at radius 2 is 0.816 bits per heavy atom. The van der Waals surface area contributed by atoms with Crippen molar-refractivity contribution in [2.75, 3.05) is 0 Å². The molecule has 9 rings (SSSR count). The van der Waals surface area contributed by atoms with Crippen LogP contribution in [0.5, 0.6) is 0 Å². The summed E-state index contributed by atoms with van der Waals surface area (Å²) >= 11 is 0. The number of hydrogen-bond acceptors (Lipinski definition) is 1. The Morgan fingerprint density at radius 1 is 0.447 bits per heavy atom. The molecular formula is C36H23OP. The zero-order valence-corrected chi connectivity index (χ0v) is 21.6. The van der Waals surface area contributed by atoms with Crippen molar-refractivity contribution in [3.05, 3.63) is 121 Å². The molecular weight excluding hydrogens is 479 g/mol. The maximum atomic E-state index is 15.8. The van der Waals surface area contributed by atoms with Crippen molar-refractivity contribution in [2.45, 2.75) is 12.8 Å². The Balaban J connectivity index is 1.44. The molecule has 0 aliphatic heterocycles. The first kappa shape index (κ1) is 20.8. The van der Waals surface area contributed by atoms with Gasteiger partial charge in [0.05, 0.1) is 0 Å². The Kier molecular flexibility index (Phi) is 3.96. The minimum Gasteiger partial charge on any atom is -0.309 e. The van der Waals surface area contributed by atoms with Crippen molar-refractivity contribution < 1.29 is 4.57 Å². The van der Waals surface area contributed by atoms with Crippen molar-refractivity contribution >= 4 is 82.4 Å². The van der Waals surface area contributed by atoms with E-state index < -0.39 is 7.14 Å². The van der Waals surface area contributed by atoms with Crippen LogP contribution in [-0.2, 0) is 4.57 Å². The molecule has 38 heavy (non-hydrogen) atoms. The molecule has 0 amide bonds. The second-order valence-corrected chi connectivity index (χ2v) is 13.5. The molecule has 8 aromatic carbocycles. The van der Waals surface area contributed by atoms with Crippen LogP contribution in [0.1, 0.15) is 12.8 Å². The van der Waals surface area contributed by atoms with E-state index in [4.69, 9.17) is 0 Å². The van der Waals surface area contributed by atoms with Gasteiger partial charge in [0.25, 0.3) is 0 Å². The van der Waals surface area contributed by atoms with Gasteiger partial charge in [-0.1, -0.05) is 103 Å². The lowest BCUT2D eigenvalue weighted by molar-refractivity contribution is 0.588. The average molecular weight is 503 g/mol. The highest BCUT2D eigenvalue weighted by molar-refractivity contribution is 7.83. The van der Waals surface area contributed by atoms with Gasteiger partial charge >= 0.3 is 0 Å². The van der Waals surface area contributed by atoms with E-state index in [1.165, 1.54) is 53.9 Å². The third kappa shape index (κ3) is 2.50. The van der Waals surface area contributed by atoms with E-state index in [1.54, 1.807) is 0 Å². The van der Waals surface area contributed by atoms with Gasteiger partial charge in [-0.3, -0.25) is 0 Å². The fraction of sp³-hybridized carbons (Fsp3) is 0.0556. The van der Waals surface area contributed by atoms with Crippen molar-refractivity contribution in [2.24, 2.45) is 0 Å². The van der Waals surface area contributed by atoms with Crippen LogP contribution >= 0.6 is 7.14 Å². The van der Waals surface area contributed by atoms with E-state index in [0.717, 1.165) is 39.5 Å². The normalized spacial score (nSPS) is 14.4. The molecule has 1 aliphatic carbocycles. The van der Waals surface area contributed by atoms with Crippen LogP contribution in [0.3, 0.4) is 0 Å². The average Bonchev–Trinajstić information content (AvgIpc) is 2.93. The highest BCUT2D eigenvalue weighted by atomic mass is 31.2. The molecule has 1 nitrogen and oxygen atoms in total. The molecule has 0 N–H and O–H groups in total. The predicted octanol–water partition coefficient (Wildman–Crippen LogP) is 9.47. The first-order chi connectivity index (χ1) is 18.7. The maximum Gasteiger partial charge on any atom is 0.168 e. The molecule has 0 atom stereocenters. The lowest BCUT2D eigenvalue weighted by Crippen LogP contribution is -2.21. The molecule has 1 aliphatic rings. The molecule has 2 heteroatoms. The van der Waals surface area contributed by atoms with E-state index in [2.05, 4.69) is 115 Å². The number of hydrogen-bond donors (Lipinski definition) is 0. The summed E-state index contributed by atoms with van der Waals surface area (Å²) in [5.41, 5.74) is 0. The summed E-state index contributed by atoms with van der Waals surface area (Å²) in [5.74, 6) is 0. The Morgan fingerprint density at radius 3 is 1.21 bits per heavy atom. The molecule has 0 unspecified atom stereocenters. The second kappa shape index (κ2) is 7.22. The van der Waals surface area contributed by atoms with Crippen LogP contribution in [0, 0.1) is 0 Å².